The van der Waals surface area contributed by atoms with E-state index in [0.717, 1.165) is 12.6 Å². The van der Waals surface area contributed by atoms with E-state index in [-0.39, 0.29) is 11.8 Å². The van der Waals surface area contributed by atoms with Crippen LogP contribution in [0.5, 0.6) is 5.88 Å². The summed E-state index contributed by atoms with van der Waals surface area (Å²) in [7, 11) is 0. The van der Waals surface area contributed by atoms with Gasteiger partial charge in [-0.05, 0) is 5.92 Å². The minimum atomic E-state index is -2.85. The summed E-state index contributed by atoms with van der Waals surface area (Å²) in [5.74, 6) is -2.46. The van der Waals surface area contributed by atoms with Crippen LogP contribution < -0.4 is 4.74 Å². The fraction of sp³-hybridized carbons (Fsp3) is 0.667. The van der Waals surface area contributed by atoms with Gasteiger partial charge in [0.1, 0.15) is 0 Å². The highest BCUT2D eigenvalue weighted by atomic mass is 19.3. The summed E-state index contributed by atoms with van der Waals surface area (Å²) in [5.41, 5.74) is 0.811. The lowest BCUT2D eigenvalue weighted by atomic mass is 10.1. The van der Waals surface area contributed by atoms with Crippen LogP contribution in [0.4, 0.5) is 8.78 Å². The Balaban J connectivity index is 0.00000121. The summed E-state index contributed by atoms with van der Waals surface area (Å²) in [6.07, 6.45) is 2.90. The molecule has 0 aliphatic carbocycles. The first-order valence-electron chi connectivity index (χ1n) is 5.71. The Bertz CT molecular complexity index is 307. The molecule has 0 fully saturated rings. The number of aromatic nitrogens is 2. The third-order valence-electron chi connectivity index (χ3n) is 1.71. The van der Waals surface area contributed by atoms with Crippen LogP contribution in [-0.4, -0.2) is 22.5 Å². The molecule has 0 saturated heterocycles. The van der Waals surface area contributed by atoms with Crippen LogP contribution >= 0.6 is 0 Å². The number of halogens is 2. The Labute approximate surface area is 101 Å². The predicted octanol–water partition coefficient (Wildman–Crippen LogP) is 3.66. The van der Waals surface area contributed by atoms with E-state index >= 15 is 0 Å². The van der Waals surface area contributed by atoms with E-state index in [0.29, 0.717) is 0 Å². The number of hydrogen-bond donors (Lipinski definition) is 0. The second kappa shape index (κ2) is 7.14. The molecule has 0 spiro atoms. The van der Waals surface area contributed by atoms with Crippen molar-refractivity contribution in [3.05, 3.63) is 18.1 Å². The highest BCUT2D eigenvalue weighted by Gasteiger charge is 2.22. The molecule has 0 saturated carbocycles. The first kappa shape index (κ1) is 15.7. The molecular formula is C12H20F2N2O. The van der Waals surface area contributed by atoms with Gasteiger partial charge in [0, 0.05) is 6.92 Å². The van der Waals surface area contributed by atoms with E-state index in [4.69, 9.17) is 4.74 Å². The van der Waals surface area contributed by atoms with Crippen LogP contribution in [0.1, 0.15) is 46.2 Å². The molecule has 0 bridgehead atoms. The standard InChI is InChI=1S/C10H14F2N2O.C2H6/c1-7(2)8-4-14-9(5-13-8)15-6-10(3,11)12;1-2/h4-5,7H,6H2,1-3H3;1-2H3. The van der Waals surface area contributed by atoms with Gasteiger partial charge in [-0.15, -0.1) is 0 Å². The molecule has 0 unspecified atom stereocenters. The van der Waals surface area contributed by atoms with Gasteiger partial charge in [0.25, 0.3) is 5.92 Å². The summed E-state index contributed by atoms with van der Waals surface area (Å²) in [6.45, 7) is 8.07. The van der Waals surface area contributed by atoms with E-state index in [2.05, 4.69) is 9.97 Å². The highest BCUT2D eigenvalue weighted by molar-refractivity contribution is 5.09. The van der Waals surface area contributed by atoms with Crippen LogP contribution in [0.2, 0.25) is 0 Å². The van der Waals surface area contributed by atoms with Crippen LogP contribution in [0, 0.1) is 0 Å². The average molecular weight is 246 g/mol. The van der Waals surface area contributed by atoms with E-state index < -0.39 is 12.5 Å². The van der Waals surface area contributed by atoms with Gasteiger partial charge in [-0.3, -0.25) is 4.98 Å². The molecule has 0 atom stereocenters. The maximum absolute atomic E-state index is 12.4. The van der Waals surface area contributed by atoms with Gasteiger partial charge >= 0.3 is 0 Å². The van der Waals surface area contributed by atoms with Crippen molar-refractivity contribution in [3.8, 4) is 5.88 Å². The molecule has 0 aromatic carbocycles. The Kier molecular flexibility index (Phi) is 6.61. The van der Waals surface area contributed by atoms with Crippen molar-refractivity contribution in [2.24, 2.45) is 0 Å². The Morgan fingerprint density at radius 1 is 1.24 bits per heavy atom. The van der Waals surface area contributed by atoms with Crippen molar-refractivity contribution in [1.29, 1.82) is 0 Å². The van der Waals surface area contributed by atoms with Crippen LogP contribution in [0.3, 0.4) is 0 Å². The fourth-order valence-electron chi connectivity index (χ4n) is 0.900. The van der Waals surface area contributed by atoms with E-state index in [9.17, 15) is 8.78 Å². The number of ether oxygens (including phenoxy) is 1. The third kappa shape index (κ3) is 6.81. The van der Waals surface area contributed by atoms with Crippen molar-refractivity contribution < 1.29 is 13.5 Å². The topological polar surface area (TPSA) is 35.0 Å². The zero-order chi connectivity index (χ0) is 13.5. The largest absolute Gasteiger partial charge is 0.470 e. The summed E-state index contributed by atoms with van der Waals surface area (Å²) in [5, 5.41) is 0. The van der Waals surface area contributed by atoms with Gasteiger partial charge in [0.15, 0.2) is 6.61 Å². The van der Waals surface area contributed by atoms with Crippen LogP contribution in [0.15, 0.2) is 12.4 Å². The minimum Gasteiger partial charge on any atom is -0.470 e. The maximum atomic E-state index is 12.4. The van der Waals surface area contributed by atoms with Crippen LogP contribution in [-0.2, 0) is 0 Å². The molecule has 0 N–H and O–H groups in total. The molecule has 0 aliphatic rings. The summed E-state index contributed by atoms with van der Waals surface area (Å²) >= 11 is 0. The molecule has 1 heterocycles. The van der Waals surface area contributed by atoms with Crippen molar-refractivity contribution in [2.45, 2.75) is 46.5 Å². The molecule has 1 aromatic heterocycles. The van der Waals surface area contributed by atoms with Crippen molar-refractivity contribution >= 4 is 0 Å². The summed E-state index contributed by atoms with van der Waals surface area (Å²) in [6, 6.07) is 0. The second-order valence-corrected chi connectivity index (χ2v) is 3.79. The molecule has 1 rings (SSSR count). The Morgan fingerprint density at radius 3 is 2.18 bits per heavy atom. The van der Waals surface area contributed by atoms with E-state index in [1.54, 1.807) is 0 Å². The molecule has 0 radical (unpaired) electrons. The first-order chi connectivity index (χ1) is 7.88. The SMILES string of the molecule is CC.CC(C)c1cnc(OCC(C)(F)F)cn1. The number of rotatable bonds is 4. The lowest BCUT2D eigenvalue weighted by molar-refractivity contribution is -0.0243. The molecular weight excluding hydrogens is 226 g/mol. The van der Waals surface area contributed by atoms with Gasteiger partial charge in [-0.1, -0.05) is 27.7 Å². The van der Waals surface area contributed by atoms with Gasteiger partial charge in [-0.2, -0.15) is 0 Å². The van der Waals surface area contributed by atoms with E-state index in [1.807, 2.05) is 27.7 Å². The molecule has 0 amide bonds. The van der Waals surface area contributed by atoms with Gasteiger partial charge < -0.3 is 4.74 Å². The first-order valence-corrected chi connectivity index (χ1v) is 5.71. The smallest absolute Gasteiger partial charge is 0.278 e. The monoisotopic (exact) mass is 246 g/mol. The van der Waals surface area contributed by atoms with Crippen molar-refractivity contribution in [2.75, 3.05) is 6.61 Å². The molecule has 17 heavy (non-hydrogen) atoms. The lowest BCUT2D eigenvalue weighted by Gasteiger charge is -2.11. The normalized spacial score (nSPS) is 10.8. The average Bonchev–Trinajstić information content (AvgIpc) is 2.29. The lowest BCUT2D eigenvalue weighted by Crippen LogP contribution is -2.21. The fourth-order valence-corrected chi connectivity index (χ4v) is 0.900. The number of nitrogens with zero attached hydrogens (tertiary/aromatic N) is 2. The summed E-state index contributed by atoms with van der Waals surface area (Å²) in [4.78, 5) is 7.93. The van der Waals surface area contributed by atoms with Crippen molar-refractivity contribution in [3.63, 3.8) is 0 Å². The molecule has 5 heteroatoms. The molecule has 0 aliphatic heterocycles. The predicted molar refractivity (Wildman–Crippen MR) is 63.6 cm³/mol. The Hall–Kier alpha value is -1.26. The quantitative estimate of drug-likeness (QED) is 0.813. The van der Waals surface area contributed by atoms with Gasteiger partial charge in [-0.25, -0.2) is 13.8 Å². The molecule has 1 aromatic rings. The molecule has 98 valence electrons. The van der Waals surface area contributed by atoms with Crippen LogP contribution in [0.25, 0.3) is 0 Å². The number of alkyl halides is 2. The highest BCUT2D eigenvalue weighted by Crippen LogP contribution is 2.15. The Morgan fingerprint density at radius 2 is 1.82 bits per heavy atom. The number of hydrogen-bond acceptors (Lipinski definition) is 3. The zero-order valence-corrected chi connectivity index (χ0v) is 11.0. The van der Waals surface area contributed by atoms with E-state index in [1.165, 1.54) is 12.4 Å². The summed E-state index contributed by atoms with van der Waals surface area (Å²) < 4.78 is 29.7. The second-order valence-electron chi connectivity index (χ2n) is 3.79. The minimum absolute atomic E-state index is 0.126. The van der Waals surface area contributed by atoms with Gasteiger partial charge in [0.05, 0.1) is 18.1 Å². The van der Waals surface area contributed by atoms with Gasteiger partial charge in [0.2, 0.25) is 5.88 Å². The third-order valence-corrected chi connectivity index (χ3v) is 1.71. The maximum Gasteiger partial charge on any atom is 0.278 e. The van der Waals surface area contributed by atoms with Crippen molar-refractivity contribution in [1.82, 2.24) is 9.97 Å². The zero-order valence-electron chi connectivity index (χ0n) is 11.0. The molecule has 3 nitrogen and oxygen atoms in total.